The van der Waals surface area contributed by atoms with Gasteiger partial charge in [-0.15, -0.1) is 0 Å². The molecule has 0 aliphatic carbocycles. The molecule has 10 nitrogen and oxygen atoms in total. The predicted octanol–water partition coefficient (Wildman–Crippen LogP) is 0.238. The minimum absolute atomic E-state index is 0.0745. The number of benzene rings is 1. The molecule has 2 aromatic heterocycles. The average Bonchev–Trinajstić information content (AvgIpc) is 3.15. The Balaban J connectivity index is 1.92. The van der Waals surface area contributed by atoms with Gasteiger partial charge >= 0.3 is 0 Å². The first kappa shape index (κ1) is 20.3. The molecule has 2 heterocycles. The maximum atomic E-state index is 12.9. The Morgan fingerprint density at radius 1 is 1.23 bits per heavy atom. The van der Waals surface area contributed by atoms with Gasteiger partial charge in [0.2, 0.25) is 11.6 Å². The molecule has 0 bridgehead atoms. The lowest BCUT2D eigenvalue weighted by molar-refractivity contribution is -0.137. The Bertz CT molecular complexity index is 1150. The smallest absolute Gasteiger partial charge is 0.287 e. The van der Waals surface area contributed by atoms with E-state index in [-0.39, 0.29) is 23.8 Å². The number of hydrogen-bond donors (Lipinski definition) is 2. The van der Waals surface area contributed by atoms with Gasteiger partial charge in [0.05, 0.1) is 5.69 Å². The van der Waals surface area contributed by atoms with Crippen LogP contribution in [0.5, 0.6) is 0 Å². The van der Waals surface area contributed by atoms with Crippen molar-refractivity contribution in [2.45, 2.75) is 19.4 Å². The minimum atomic E-state index is -1.15. The van der Waals surface area contributed by atoms with E-state index in [4.69, 9.17) is 11.0 Å². The van der Waals surface area contributed by atoms with Crippen LogP contribution in [-0.4, -0.2) is 43.4 Å². The van der Waals surface area contributed by atoms with Gasteiger partial charge in [-0.1, -0.05) is 30.3 Å². The summed E-state index contributed by atoms with van der Waals surface area (Å²) < 4.78 is 1.24. The number of nitrogens with zero attached hydrogens (tertiary/aromatic N) is 5. The lowest BCUT2D eigenvalue weighted by Gasteiger charge is -2.16. The molecule has 3 rings (SSSR count). The Kier molecular flexibility index (Phi) is 5.93. The van der Waals surface area contributed by atoms with Gasteiger partial charge < -0.3 is 11.1 Å². The van der Waals surface area contributed by atoms with Gasteiger partial charge in [0, 0.05) is 18.7 Å². The van der Waals surface area contributed by atoms with E-state index in [1.54, 1.807) is 31.2 Å². The third-order valence-corrected chi connectivity index (χ3v) is 4.17. The summed E-state index contributed by atoms with van der Waals surface area (Å²) >= 11 is 0. The summed E-state index contributed by atoms with van der Waals surface area (Å²) in [6.45, 7) is 1.68. The van der Waals surface area contributed by atoms with Crippen LogP contribution in [0.15, 0.2) is 48.7 Å². The van der Waals surface area contributed by atoms with Crippen molar-refractivity contribution in [2.75, 3.05) is 0 Å². The minimum Gasteiger partial charge on any atom is -0.363 e. The van der Waals surface area contributed by atoms with E-state index in [1.807, 2.05) is 12.1 Å². The lowest BCUT2D eigenvalue weighted by atomic mass is 10.0. The van der Waals surface area contributed by atoms with Crippen molar-refractivity contribution in [3.8, 4) is 11.9 Å². The molecule has 30 heavy (non-hydrogen) atoms. The van der Waals surface area contributed by atoms with Gasteiger partial charge in [0.25, 0.3) is 11.8 Å². The van der Waals surface area contributed by atoms with Crippen LogP contribution in [0.4, 0.5) is 0 Å². The highest BCUT2D eigenvalue weighted by Gasteiger charge is 2.27. The van der Waals surface area contributed by atoms with Crippen molar-refractivity contribution in [1.29, 1.82) is 5.26 Å². The Labute approximate surface area is 171 Å². The van der Waals surface area contributed by atoms with Crippen LogP contribution < -0.4 is 11.1 Å². The van der Waals surface area contributed by atoms with Crippen LogP contribution in [0.3, 0.4) is 0 Å². The van der Waals surface area contributed by atoms with E-state index in [2.05, 4.69) is 20.4 Å². The van der Waals surface area contributed by atoms with Crippen molar-refractivity contribution < 1.29 is 14.4 Å². The van der Waals surface area contributed by atoms with Gasteiger partial charge in [-0.3, -0.25) is 14.4 Å². The summed E-state index contributed by atoms with van der Waals surface area (Å²) in [4.78, 5) is 44.5. The quantitative estimate of drug-likeness (QED) is 0.535. The number of amides is 2. The fourth-order valence-electron chi connectivity index (χ4n) is 2.82. The third kappa shape index (κ3) is 4.53. The molecule has 0 aliphatic rings. The normalized spacial score (nSPS) is 11.3. The van der Waals surface area contributed by atoms with Crippen molar-refractivity contribution in [2.24, 2.45) is 5.73 Å². The summed E-state index contributed by atoms with van der Waals surface area (Å²) in [5.74, 6) is -2.58. The highest BCUT2D eigenvalue weighted by atomic mass is 16.2. The van der Waals surface area contributed by atoms with E-state index in [0.717, 1.165) is 5.56 Å². The Morgan fingerprint density at radius 3 is 2.63 bits per heavy atom. The number of rotatable bonds is 7. The molecular weight excluding hydrogens is 386 g/mol. The van der Waals surface area contributed by atoms with Crippen molar-refractivity contribution in [1.82, 2.24) is 25.1 Å². The third-order valence-electron chi connectivity index (χ3n) is 4.17. The molecule has 150 valence electrons. The molecule has 2 amide bonds. The molecule has 0 aliphatic heterocycles. The SMILES string of the molecule is Cc1cc(C(=O)NC(Cc2ccccc2)C(=O)C(N)=O)n(-c2ccnc(C#N)n2)n1. The molecule has 10 heteroatoms. The number of nitrogens with two attached hydrogens (primary N) is 1. The van der Waals surface area contributed by atoms with Gasteiger partial charge in [0.15, 0.2) is 5.82 Å². The van der Waals surface area contributed by atoms with Crippen LogP contribution in [0.1, 0.15) is 27.6 Å². The second-order valence-corrected chi connectivity index (χ2v) is 6.38. The van der Waals surface area contributed by atoms with Gasteiger partial charge in [-0.05, 0) is 18.6 Å². The summed E-state index contributed by atoms with van der Waals surface area (Å²) in [5, 5.41) is 15.8. The van der Waals surface area contributed by atoms with Crippen LogP contribution in [-0.2, 0) is 16.0 Å². The summed E-state index contributed by atoms with van der Waals surface area (Å²) in [7, 11) is 0. The topological polar surface area (TPSA) is 157 Å². The molecule has 0 radical (unpaired) electrons. The number of carbonyl (C=O) groups is 3. The summed E-state index contributed by atoms with van der Waals surface area (Å²) in [6, 6.07) is 12.6. The lowest BCUT2D eigenvalue weighted by Crippen LogP contribution is -2.47. The second kappa shape index (κ2) is 8.74. The molecule has 1 unspecified atom stereocenters. The maximum Gasteiger partial charge on any atom is 0.287 e. The van der Waals surface area contributed by atoms with Crippen LogP contribution in [0, 0.1) is 18.3 Å². The molecule has 1 aromatic carbocycles. The second-order valence-electron chi connectivity index (χ2n) is 6.38. The molecule has 0 spiro atoms. The largest absolute Gasteiger partial charge is 0.363 e. The van der Waals surface area contributed by atoms with Gasteiger partial charge in [-0.25, -0.2) is 9.67 Å². The number of carbonyl (C=O) groups excluding carboxylic acids is 3. The van der Waals surface area contributed by atoms with Crippen LogP contribution in [0.2, 0.25) is 0 Å². The fraction of sp³-hybridized carbons (Fsp3) is 0.150. The number of aryl methyl sites for hydroxylation is 1. The van der Waals surface area contributed by atoms with Gasteiger partial charge in [-0.2, -0.15) is 15.3 Å². The molecule has 3 N–H and O–H groups in total. The van der Waals surface area contributed by atoms with Crippen molar-refractivity contribution >= 4 is 17.6 Å². The van der Waals surface area contributed by atoms with Crippen molar-refractivity contribution in [3.05, 3.63) is 71.4 Å². The maximum absolute atomic E-state index is 12.9. The number of nitrogens with one attached hydrogen (secondary N) is 1. The first-order valence-corrected chi connectivity index (χ1v) is 8.87. The van der Waals surface area contributed by atoms with Crippen LogP contribution >= 0.6 is 0 Å². The average molecular weight is 403 g/mol. The number of nitriles is 1. The summed E-state index contributed by atoms with van der Waals surface area (Å²) in [5.41, 5.74) is 6.49. The number of hydrogen-bond acceptors (Lipinski definition) is 7. The van der Waals surface area contributed by atoms with E-state index in [9.17, 15) is 14.4 Å². The number of Topliss-reactive ketones (excluding diaryl/α,β-unsaturated/α-hetero) is 1. The fourth-order valence-corrected chi connectivity index (χ4v) is 2.82. The Hall–Kier alpha value is -4.39. The molecule has 3 aromatic rings. The van der Waals surface area contributed by atoms with E-state index in [0.29, 0.717) is 5.69 Å². The monoisotopic (exact) mass is 403 g/mol. The zero-order chi connectivity index (χ0) is 21.7. The van der Waals surface area contributed by atoms with Gasteiger partial charge in [0.1, 0.15) is 17.8 Å². The predicted molar refractivity (Wildman–Crippen MR) is 104 cm³/mol. The zero-order valence-corrected chi connectivity index (χ0v) is 15.9. The molecule has 0 saturated heterocycles. The van der Waals surface area contributed by atoms with E-state index < -0.39 is 23.6 Å². The first-order chi connectivity index (χ1) is 14.4. The highest BCUT2D eigenvalue weighted by Crippen LogP contribution is 2.12. The van der Waals surface area contributed by atoms with E-state index >= 15 is 0 Å². The molecule has 1 atom stereocenters. The standard InChI is InChI=1S/C20H17N7O3/c1-12-9-15(27(26-12)17-7-8-23-16(11-21)25-17)20(30)24-14(18(28)19(22)29)10-13-5-3-2-4-6-13/h2-9,14H,10H2,1H3,(H2,22,29)(H,24,30). The van der Waals surface area contributed by atoms with Crippen molar-refractivity contribution in [3.63, 3.8) is 0 Å². The Morgan fingerprint density at radius 2 is 1.97 bits per heavy atom. The molecule has 0 fully saturated rings. The molecular formula is C20H17N7O3. The molecule has 0 saturated carbocycles. The zero-order valence-electron chi connectivity index (χ0n) is 15.9. The number of primary amides is 1. The first-order valence-electron chi connectivity index (χ1n) is 8.87. The number of ketones is 1. The summed E-state index contributed by atoms with van der Waals surface area (Å²) in [6.07, 6.45) is 1.46. The van der Waals surface area contributed by atoms with E-state index in [1.165, 1.54) is 23.0 Å². The highest BCUT2D eigenvalue weighted by molar-refractivity contribution is 6.38. The number of aromatic nitrogens is 4. The van der Waals surface area contributed by atoms with Crippen LogP contribution in [0.25, 0.3) is 5.82 Å².